The predicted molar refractivity (Wildman–Crippen MR) is 59.4 cm³/mol. The van der Waals surface area contributed by atoms with Crippen molar-refractivity contribution in [2.24, 2.45) is 0 Å². The number of anilines is 1. The topological polar surface area (TPSA) is 77.2 Å². The zero-order valence-corrected chi connectivity index (χ0v) is 9.27. The second-order valence-corrected chi connectivity index (χ2v) is 3.44. The van der Waals surface area contributed by atoms with E-state index in [1.807, 2.05) is 18.0 Å². The highest BCUT2D eigenvalue weighted by Crippen LogP contribution is 2.13. The minimum Gasteiger partial charge on any atom is -0.478 e. The summed E-state index contributed by atoms with van der Waals surface area (Å²) >= 11 is 0. The molecule has 5 heteroatoms. The van der Waals surface area contributed by atoms with Crippen LogP contribution in [0, 0.1) is 18.3 Å². The van der Waals surface area contributed by atoms with Crippen molar-refractivity contribution in [1.29, 1.82) is 5.26 Å². The van der Waals surface area contributed by atoms with Crippen molar-refractivity contribution in [3.05, 3.63) is 23.4 Å². The summed E-state index contributed by atoms with van der Waals surface area (Å²) < 4.78 is 0. The van der Waals surface area contributed by atoms with Gasteiger partial charge in [0.1, 0.15) is 5.82 Å². The number of aromatic carboxylic acids is 1. The van der Waals surface area contributed by atoms with Crippen LogP contribution in [0.15, 0.2) is 12.1 Å². The van der Waals surface area contributed by atoms with Crippen LogP contribution in [0.4, 0.5) is 5.82 Å². The molecular weight excluding hydrogens is 206 g/mol. The molecule has 1 aromatic heterocycles. The van der Waals surface area contributed by atoms with Gasteiger partial charge in [-0.1, -0.05) is 0 Å². The first-order valence-electron chi connectivity index (χ1n) is 4.85. The Morgan fingerprint density at radius 1 is 1.62 bits per heavy atom. The summed E-state index contributed by atoms with van der Waals surface area (Å²) in [6.45, 7) is 2.24. The molecule has 0 bridgehead atoms. The molecule has 1 rings (SSSR count). The van der Waals surface area contributed by atoms with Gasteiger partial charge in [-0.05, 0) is 19.1 Å². The van der Waals surface area contributed by atoms with Crippen LogP contribution in [0.5, 0.6) is 0 Å². The van der Waals surface area contributed by atoms with Crippen molar-refractivity contribution < 1.29 is 9.90 Å². The number of nitrogens with zero attached hydrogens (tertiary/aromatic N) is 3. The van der Waals surface area contributed by atoms with E-state index < -0.39 is 5.97 Å². The van der Waals surface area contributed by atoms with Crippen LogP contribution >= 0.6 is 0 Å². The number of aryl methyl sites for hydroxylation is 1. The third kappa shape index (κ3) is 2.70. The SMILES string of the molecule is Cc1nc(N(C)CCC#N)ccc1C(=O)O. The van der Waals surface area contributed by atoms with E-state index >= 15 is 0 Å². The molecule has 16 heavy (non-hydrogen) atoms. The summed E-state index contributed by atoms with van der Waals surface area (Å²) in [6.07, 6.45) is 0.415. The Morgan fingerprint density at radius 2 is 2.31 bits per heavy atom. The molecule has 0 aromatic carbocycles. The molecule has 5 nitrogen and oxygen atoms in total. The Labute approximate surface area is 93.9 Å². The Hall–Kier alpha value is -2.09. The molecule has 1 heterocycles. The van der Waals surface area contributed by atoms with Crippen LogP contribution in [-0.4, -0.2) is 29.7 Å². The average Bonchev–Trinajstić information content (AvgIpc) is 2.25. The van der Waals surface area contributed by atoms with Crippen molar-refractivity contribution in [3.63, 3.8) is 0 Å². The molecule has 0 saturated heterocycles. The number of carbonyl (C=O) groups is 1. The van der Waals surface area contributed by atoms with Crippen molar-refractivity contribution in [1.82, 2.24) is 4.98 Å². The Morgan fingerprint density at radius 3 is 2.81 bits per heavy atom. The molecule has 0 aliphatic heterocycles. The van der Waals surface area contributed by atoms with E-state index in [2.05, 4.69) is 4.98 Å². The minimum absolute atomic E-state index is 0.206. The fourth-order valence-electron chi connectivity index (χ4n) is 1.32. The van der Waals surface area contributed by atoms with Gasteiger partial charge in [0.25, 0.3) is 0 Å². The number of hydrogen-bond acceptors (Lipinski definition) is 4. The lowest BCUT2D eigenvalue weighted by atomic mass is 10.2. The van der Waals surface area contributed by atoms with Crippen molar-refractivity contribution >= 4 is 11.8 Å². The van der Waals surface area contributed by atoms with Gasteiger partial charge in [0.15, 0.2) is 0 Å². The lowest BCUT2D eigenvalue weighted by molar-refractivity contribution is 0.0695. The lowest BCUT2D eigenvalue weighted by Crippen LogP contribution is -2.20. The summed E-state index contributed by atoms with van der Waals surface area (Å²) in [7, 11) is 1.82. The van der Waals surface area contributed by atoms with Crippen LogP contribution in [-0.2, 0) is 0 Å². The smallest absolute Gasteiger partial charge is 0.337 e. The zero-order valence-electron chi connectivity index (χ0n) is 9.27. The number of nitriles is 1. The van der Waals surface area contributed by atoms with E-state index in [0.29, 0.717) is 24.5 Å². The fourth-order valence-corrected chi connectivity index (χ4v) is 1.32. The maximum absolute atomic E-state index is 10.8. The highest BCUT2D eigenvalue weighted by molar-refractivity contribution is 5.89. The van der Waals surface area contributed by atoms with Gasteiger partial charge in [-0.15, -0.1) is 0 Å². The second kappa shape index (κ2) is 5.12. The molecule has 1 N–H and O–H groups in total. The first-order valence-corrected chi connectivity index (χ1v) is 4.85. The first-order chi connectivity index (χ1) is 7.56. The predicted octanol–water partition coefficient (Wildman–Crippen LogP) is 1.44. The van der Waals surface area contributed by atoms with Crippen molar-refractivity contribution in [3.8, 4) is 6.07 Å². The van der Waals surface area contributed by atoms with Gasteiger partial charge in [-0.2, -0.15) is 5.26 Å². The molecule has 0 atom stereocenters. The Kier molecular flexibility index (Phi) is 3.84. The van der Waals surface area contributed by atoms with Crippen molar-refractivity contribution in [2.45, 2.75) is 13.3 Å². The Balaban J connectivity index is 2.89. The standard InChI is InChI=1S/C11H13N3O2/c1-8-9(11(15)16)4-5-10(13-8)14(2)7-3-6-12/h4-5H,3,7H2,1-2H3,(H,15,16). The fraction of sp³-hybridized carbons (Fsp3) is 0.364. The van der Waals surface area contributed by atoms with Gasteiger partial charge in [0.05, 0.1) is 23.7 Å². The molecule has 84 valence electrons. The van der Waals surface area contributed by atoms with Crippen LogP contribution < -0.4 is 4.90 Å². The first kappa shape index (κ1) is 12.0. The molecule has 0 radical (unpaired) electrons. The monoisotopic (exact) mass is 219 g/mol. The van der Waals surface area contributed by atoms with E-state index in [9.17, 15) is 4.79 Å². The average molecular weight is 219 g/mol. The third-order valence-corrected chi connectivity index (χ3v) is 2.25. The van der Waals surface area contributed by atoms with Crippen LogP contribution in [0.3, 0.4) is 0 Å². The summed E-state index contributed by atoms with van der Waals surface area (Å²) in [5.74, 6) is -0.297. The maximum Gasteiger partial charge on any atom is 0.337 e. The number of pyridine rings is 1. The summed E-state index contributed by atoms with van der Waals surface area (Å²) in [4.78, 5) is 16.8. The second-order valence-electron chi connectivity index (χ2n) is 3.44. The van der Waals surface area contributed by atoms with Crippen LogP contribution in [0.1, 0.15) is 22.5 Å². The molecular formula is C11H13N3O2. The van der Waals surface area contributed by atoms with Gasteiger partial charge in [0.2, 0.25) is 0 Å². The molecule has 0 saturated carbocycles. The number of hydrogen-bond donors (Lipinski definition) is 1. The lowest BCUT2D eigenvalue weighted by Gasteiger charge is -2.17. The molecule has 0 fully saturated rings. The van der Waals surface area contributed by atoms with Gasteiger partial charge >= 0.3 is 5.97 Å². The van der Waals surface area contributed by atoms with Gasteiger partial charge in [0, 0.05) is 13.6 Å². The van der Waals surface area contributed by atoms with Crippen LogP contribution in [0.2, 0.25) is 0 Å². The van der Waals surface area contributed by atoms with E-state index in [1.54, 1.807) is 13.0 Å². The largest absolute Gasteiger partial charge is 0.478 e. The molecule has 0 aliphatic rings. The summed E-state index contributed by atoms with van der Waals surface area (Å²) in [5.41, 5.74) is 0.686. The van der Waals surface area contributed by atoms with E-state index in [4.69, 9.17) is 10.4 Å². The molecule has 0 spiro atoms. The number of aromatic nitrogens is 1. The van der Waals surface area contributed by atoms with Gasteiger partial charge < -0.3 is 10.0 Å². The third-order valence-electron chi connectivity index (χ3n) is 2.25. The maximum atomic E-state index is 10.8. The molecule has 0 unspecified atom stereocenters. The van der Waals surface area contributed by atoms with Gasteiger partial charge in [-0.3, -0.25) is 0 Å². The highest BCUT2D eigenvalue weighted by Gasteiger charge is 2.10. The number of carboxylic acids is 1. The highest BCUT2D eigenvalue weighted by atomic mass is 16.4. The summed E-state index contributed by atoms with van der Waals surface area (Å²) in [6, 6.07) is 5.23. The molecule has 1 aromatic rings. The zero-order chi connectivity index (χ0) is 12.1. The van der Waals surface area contributed by atoms with Crippen LogP contribution in [0.25, 0.3) is 0 Å². The number of rotatable bonds is 4. The Bertz CT molecular complexity index is 437. The summed E-state index contributed by atoms with van der Waals surface area (Å²) in [5, 5.41) is 17.3. The molecule has 0 amide bonds. The van der Waals surface area contributed by atoms with E-state index in [-0.39, 0.29) is 5.56 Å². The van der Waals surface area contributed by atoms with E-state index in [1.165, 1.54) is 6.07 Å². The number of carboxylic acid groups (broad SMARTS) is 1. The quantitative estimate of drug-likeness (QED) is 0.829. The van der Waals surface area contributed by atoms with Crippen molar-refractivity contribution in [2.75, 3.05) is 18.5 Å². The normalized spacial score (nSPS) is 9.56. The minimum atomic E-state index is -0.976. The molecule has 0 aliphatic carbocycles. The van der Waals surface area contributed by atoms with Gasteiger partial charge in [-0.25, -0.2) is 9.78 Å². The van der Waals surface area contributed by atoms with E-state index in [0.717, 1.165) is 0 Å².